The number of para-hydroxylation sites is 1. The van der Waals surface area contributed by atoms with Crippen molar-refractivity contribution in [2.45, 2.75) is 26.7 Å². The quantitative estimate of drug-likeness (QED) is 0.570. The Morgan fingerprint density at radius 2 is 1.86 bits per heavy atom. The molecule has 0 bridgehead atoms. The van der Waals surface area contributed by atoms with E-state index in [4.69, 9.17) is 5.73 Å². The van der Waals surface area contributed by atoms with Crippen LogP contribution in [-0.4, -0.2) is 0 Å². The predicted molar refractivity (Wildman–Crippen MR) is 63.2 cm³/mol. The van der Waals surface area contributed by atoms with Gasteiger partial charge in [-0.25, -0.2) is 0 Å². The SMILES string of the molecule is C/C=C/C(C)C(C)c1ccccc1N. The Bertz CT molecular complexity index is 315. The van der Waals surface area contributed by atoms with Gasteiger partial charge in [-0.05, 0) is 30.4 Å². The first-order chi connectivity index (χ1) is 6.66. The topological polar surface area (TPSA) is 26.0 Å². The molecule has 0 aliphatic rings. The van der Waals surface area contributed by atoms with E-state index in [-0.39, 0.29) is 0 Å². The van der Waals surface area contributed by atoms with Crippen LogP contribution >= 0.6 is 0 Å². The Kier molecular flexibility index (Phi) is 3.75. The summed E-state index contributed by atoms with van der Waals surface area (Å²) >= 11 is 0. The monoisotopic (exact) mass is 189 g/mol. The zero-order valence-corrected chi connectivity index (χ0v) is 9.20. The van der Waals surface area contributed by atoms with Gasteiger partial charge in [-0.2, -0.15) is 0 Å². The van der Waals surface area contributed by atoms with Crippen molar-refractivity contribution in [3.63, 3.8) is 0 Å². The van der Waals surface area contributed by atoms with Gasteiger partial charge in [-0.3, -0.25) is 0 Å². The van der Waals surface area contributed by atoms with Crippen LogP contribution in [0.25, 0.3) is 0 Å². The van der Waals surface area contributed by atoms with E-state index in [1.54, 1.807) is 0 Å². The number of allylic oxidation sites excluding steroid dienone is 2. The molecule has 0 aliphatic carbocycles. The molecule has 0 heterocycles. The van der Waals surface area contributed by atoms with Crippen LogP contribution in [0.3, 0.4) is 0 Å². The molecule has 2 unspecified atom stereocenters. The minimum Gasteiger partial charge on any atom is -0.398 e. The van der Waals surface area contributed by atoms with Gasteiger partial charge in [0.1, 0.15) is 0 Å². The third-order valence-electron chi connectivity index (χ3n) is 2.77. The first-order valence-corrected chi connectivity index (χ1v) is 5.14. The van der Waals surface area contributed by atoms with Gasteiger partial charge >= 0.3 is 0 Å². The molecule has 0 fully saturated rings. The third kappa shape index (κ3) is 2.38. The molecule has 14 heavy (non-hydrogen) atoms. The normalized spacial score (nSPS) is 15.6. The Hall–Kier alpha value is -1.24. The zero-order chi connectivity index (χ0) is 10.6. The molecule has 1 heteroatoms. The summed E-state index contributed by atoms with van der Waals surface area (Å²) in [6.45, 7) is 6.49. The zero-order valence-electron chi connectivity index (χ0n) is 9.20. The molecule has 0 amide bonds. The molecule has 1 aromatic rings. The summed E-state index contributed by atoms with van der Waals surface area (Å²) < 4.78 is 0. The summed E-state index contributed by atoms with van der Waals surface area (Å²) in [7, 11) is 0. The van der Waals surface area contributed by atoms with Crippen LogP contribution in [0, 0.1) is 5.92 Å². The smallest absolute Gasteiger partial charge is 0.0349 e. The molecule has 1 rings (SSSR count). The predicted octanol–water partition coefficient (Wildman–Crippen LogP) is 3.58. The van der Waals surface area contributed by atoms with Crippen LogP contribution in [0.1, 0.15) is 32.3 Å². The number of nitrogens with two attached hydrogens (primary N) is 1. The summed E-state index contributed by atoms with van der Waals surface area (Å²) in [6, 6.07) is 8.10. The lowest BCUT2D eigenvalue weighted by atomic mass is 9.88. The number of nitrogen functional groups attached to an aromatic ring is 1. The molecule has 0 saturated carbocycles. The second-order valence-electron chi connectivity index (χ2n) is 3.80. The molecule has 1 aromatic carbocycles. The molecule has 2 atom stereocenters. The van der Waals surface area contributed by atoms with Crippen molar-refractivity contribution >= 4 is 5.69 Å². The lowest BCUT2D eigenvalue weighted by molar-refractivity contribution is 0.592. The van der Waals surface area contributed by atoms with E-state index >= 15 is 0 Å². The van der Waals surface area contributed by atoms with E-state index in [0.29, 0.717) is 11.8 Å². The largest absolute Gasteiger partial charge is 0.398 e. The van der Waals surface area contributed by atoms with Crippen LogP contribution in [0.2, 0.25) is 0 Å². The fourth-order valence-corrected chi connectivity index (χ4v) is 1.68. The molecule has 0 radical (unpaired) electrons. The van der Waals surface area contributed by atoms with E-state index in [0.717, 1.165) is 5.69 Å². The van der Waals surface area contributed by atoms with E-state index < -0.39 is 0 Å². The molecular weight excluding hydrogens is 170 g/mol. The van der Waals surface area contributed by atoms with Crippen LogP contribution in [0.5, 0.6) is 0 Å². The number of benzene rings is 1. The van der Waals surface area contributed by atoms with Crippen molar-refractivity contribution in [3.05, 3.63) is 42.0 Å². The number of hydrogen-bond donors (Lipinski definition) is 1. The van der Waals surface area contributed by atoms with Gasteiger partial charge in [-0.15, -0.1) is 0 Å². The second kappa shape index (κ2) is 4.85. The second-order valence-corrected chi connectivity index (χ2v) is 3.80. The summed E-state index contributed by atoms with van der Waals surface area (Å²) in [5.41, 5.74) is 8.08. The minimum absolute atomic E-state index is 0.479. The fraction of sp³-hybridized carbons (Fsp3) is 0.385. The molecule has 0 saturated heterocycles. The van der Waals surface area contributed by atoms with Gasteiger partial charge < -0.3 is 5.73 Å². The molecule has 0 spiro atoms. The summed E-state index contributed by atoms with van der Waals surface area (Å²) in [5.74, 6) is 1.01. The van der Waals surface area contributed by atoms with Gasteiger partial charge in [0.25, 0.3) is 0 Å². The van der Waals surface area contributed by atoms with Gasteiger partial charge in [0.15, 0.2) is 0 Å². The Labute approximate surface area is 86.6 Å². The number of hydrogen-bond acceptors (Lipinski definition) is 1. The van der Waals surface area contributed by atoms with Gasteiger partial charge in [0, 0.05) is 5.69 Å². The lowest BCUT2D eigenvalue weighted by Crippen LogP contribution is -2.06. The summed E-state index contributed by atoms with van der Waals surface area (Å²) in [5, 5.41) is 0. The van der Waals surface area contributed by atoms with Crippen LogP contribution in [-0.2, 0) is 0 Å². The highest BCUT2D eigenvalue weighted by Crippen LogP contribution is 2.28. The van der Waals surface area contributed by atoms with Crippen LogP contribution < -0.4 is 5.73 Å². The summed E-state index contributed by atoms with van der Waals surface area (Å²) in [6.07, 6.45) is 4.32. The number of rotatable bonds is 3. The Balaban J connectivity index is 2.89. The highest BCUT2D eigenvalue weighted by atomic mass is 14.6. The Morgan fingerprint density at radius 1 is 1.21 bits per heavy atom. The first kappa shape index (κ1) is 10.8. The minimum atomic E-state index is 0.479. The van der Waals surface area contributed by atoms with E-state index in [1.165, 1.54) is 5.56 Å². The maximum Gasteiger partial charge on any atom is 0.0349 e. The van der Waals surface area contributed by atoms with Gasteiger partial charge in [0.2, 0.25) is 0 Å². The van der Waals surface area contributed by atoms with E-state index in [9.17, 15) is 0 Å². The highest BCUT2D eigenvalue weighted by Gasteiger charge is 2.13. The molecule has 0 aromatic heterocycles. The van der Waals surface area contributed by atoms with Crippen molar-refractivity contribution < 1.29 is 0 Å². The lowest BCUT2D eigenvalue weighted by Gasteiger charge is -2.18. The molecule has 0 aliphatic heterocycles. The van der Waals surface area contributed by atoms with E-state index in [2.05, 4.69) is 39.0 Å². The van der Waals surface area contributed by atoms with Crippen molar-refractivity contribution in [1.29, 1.82) is 0 Å². The van der Waals surface area contributed by atoms with Crippen molar-refractivity contribution in [1.82, 2.24) is 0 Å². The number of anilines is 1. The van der Waals surface area contributed by atoms with E-state index in [1.807, 2.05) is 18.2 Å². The van der Waals surface area contributed by atoms with Gasteiger partial charge in [-0.1, -0.05) is 44.2 Å². The molecule has 1 nitrogen and oxygen atoms in total. The average molecular weight is 189 g/mol. The standard InChI is InChI=1S/C13H19N/c1-4-7-10(2)11(3)12-8-5-6-9-13(12)14/h4-11H,14H2,1-3H3/b7-4+. The molecular formula is C13H19N. The average Bonchev–Trinajstić information content (AvgIpc) is 2.18. The van der Waals surface area contributed by atoms with Crippen molar-refractivity contribution in [2.75, 3.05) is 5.73 Å². The Morgan fingerprint density at radius 3 is 2.43 bits per heavy atom. The molecule has 76 valence electrons. The highest BCUT2D eigenvalue weighted by molar-refractivity contribution is 5.48. The molecule has 2 N–H and O–H groups in total. The summed E-state index contributed by atoms with van der Waals surface area (Å²) in [4.78, 5) is 0. The maximum absolute atomic E-state index is 5.93. The van der Waals surface area contributed by atoms with Crippen molar-refractivity contribution in [2.24, 2.45) is 5.92 Å². The third-order valence-corrected chi connectivity index (χ3v) is 2.77. The van der Waals surface area contributed by atoms with Gasteiger partial charge in [0.05, 0.1) is 0 Å². The maximum atomic E-state index is 5.93. The van der Waals surface area contributed by atoms with Crippen LogP contribution in [0.4, 0.5) is 5.69 Å². The fourth-order valence-electron chi connectivity index (χ4n) is 1.68. The van der Waals surface area contributed by atoms with Crippen molar-refractivity contribution in [3.8, 4) is 0 Å². The first-order valence-electron chi connectivity index (χ1n) is 5.14. The van der Waals surface area contributed by atoms with Crippen LogP contribution in [0.15, 0.2) is 36.4 Å².